The molecule has 141 heavy (non-hydrogen) atoms. The van der Waals surface area contributed by atoms with E-state index in [4.69, 9.17) is 44.8 Å². The van der Waals surface area contributed by atoms with Crippen LogP contribution in [-0.2, 0) is 14.4 Å². The maximum Gasteiger partial charge on any atom is 0.276 e. The molecule has 42 heteroatoms. The molecule has 0 bridgehead atoms. The summed E-state index contributed by atoms with van der Waals surface area (Å²) in [6.07, 6.45) is 7.68. The summed E-state index contributed by atoms with van der Waals surface area (Å²) in [5.74, 6) is -35.8. The molecule has 6 atom stereocenters. The number of phenols is 3. The Balaban J connectivity index is 0.771. The van der Waals surface area contributed by atoms with Gasteiger partial charge in [-0.05, 0) is 151 Å². The zero-order valence-corrected chi connectivity index (χ0v) is 79.9. The second-order valence-electron chi connectivity index (χ2n) is 35.9. The number of pyridine rings is 9. The fourth-order valence-corrected chi connectivity index (χ4v) is 20.2. The molecule has 3 amide bonds. The van der Waals surface area contributed by atoms with Gasteiger partial charge in [-0.3, -0.25) is 57.4 Å². The van der Waals surface area contributed by atoms with Crippen LogP contribution in [0.2, 0.25) is 15.1 Å². The fourth-order valence-electron chi connectivity index (χ4n) is 19.4. The molecule has 9 aromatic heterocycles. The average molecular weight is 2000 g/mol. The molecule has 0 aliphatic carbocycles. The molecule has 728 valence electrons. The zero-order chi connectivity index (χ0) is 103. The largest absolute Gasteiger partial charge is 0.504 e. The van der Waals surface area contributed by atoms with Crippen molar-refractivity contribution >= 4 is 115 Å². The van der Waals surface area contributed by atoms with Gasteiger partial charge in [0.15, 0.2) is 52.2 Å². The van der Waals surface area contributed by atoms with Crippen molar-refractivity contribution in [3.05, 3.63) is 245 Å². The van der Waals surface area contributed by atoms with Crippen molar-refractivity contribution in [1.82, 2.24) is 58.3 Å². The van der Waals surface area contributed by atoms with Crippen molar-refractivity contribution in [3.8, 4) is 86.3 Å². The number of benzene rings is 3. The summed E-state index contributed by atoms with van der Waals surface area (Å²) in [4.78, 5) is 127. The number of nitrogens with zero attached hydrogens (tertiary/aromatic N) is 18. The smallest absolute Gasteiger partial charge is 0.276 e. The van der Waals surface area contributed by atoms with Crippen LogP contribution in [0.5, 0.6) is 17.2 Å². The van der Waals surface area contributed by atoms with Crippen LogP contribution in [0.15, 0.2) is 81.8 Å². The zero-order valence-electron chi connectivity index (χ0n) is 77.6. The van der Waals surface area contributed by atoms with E-state index in [1.165, 1.54) is 66.3 Å². The minimum absolute atomic E-state index is 0.00860. The molecule has 12 aromatic rings. The van der Waals surface area contributed by atoms with E-state index in [1.54, 1.807) is 116 Å². The highest BCUT2D eigenvalue weighted by molar-refractivity contribution is 6.35. The molecular weight excluding hydrogens is 1920 g/mol. The van der Waals surface area contributed by atoms with Crippen LogP contribution in [0.1, 0.15) is 163 Å². The van der Waals surface area contributed by atoms with Gasteiger partial charge in [0.2, 0.25) is 52.6 Å². The highest BCUT2D eigenvalue weighted by atomic mass is 35.5. The number of rotatable bonds is 17. The van der Waals surface area contributed by atoms with E-state index in [-0.39, 0.29) is 129 Å². The molecular formula is C99H83Cl3F12N18O9. The Bertz CT molecular complexity index is 7770. The van der Waals surface area contributed by atoms with Gasteiger partial charge in [0.25, 0.3) is 16.7 Å². The summed E-state index contributed by atoms with van der Waals surface area (Å²) >= 11 is 20.7. The van der Waals surface area contributed by atoms with E-state index in [1.807, 2.05) is 18.2 Å². The number of anilines is 3. The quantitative estimate of drug-likeness (QED) is 0.0330. The predicted molar refractivity (Wildman–Crippen MR) is 504 cm³/mol. The van der Waals surface area contributed by atoms with E-state index in [0.717, 1.165) is 38.0 Å². The van der Waals surface area contributed by atoms with Crippen molar-refractivity contribution < 1.29 is 82.4 Å². The van der Waals surface area contributed by atoms with Gasteiger partial charge in [0, 0.05) is 110 Å². The van der Waals surface area contributed by atoms with Gasteiger partial charge >= 0.3 is 0 Å². The molecule has 3 aliphatic rings. The molecule has 0 spiro atoms. The van der Waals surface area contributed by atoms with E-state index in [0.29, 0.717) is 11.3 Å². The normalized spacial score (nSPS) is 17.0. The summed E-state index contributed by atoms with van der Waals surface area (Å²) in [7, 11) is 0. The number of fused-ring (bicyclic) bond motifs is 3. The number of carbonyl (C=O) groups excluding carboxylic acids is 3. The van der Waals surface area contributed by atoms with Crippen molar-refractivity contribution in [1.29, 1.82) is 15.8 Å². The first-order valence-electron chi connectivity index (χ1n) is 43.9. The standard InChI is InChI=1S/C99H83Cl3F12N18O9/c1-17-61(133)127-44(11)32-124(33-45(127)12)89-53-27-59(101)83(65-68(104)71(107)74(110)77(113)92(65)137)122-95(53)131(98(140)56(89)30-116)86-42(9)24-50(119-80(86)39(4)5)19-21-63(135)129-48(15)36-126(37-49(129)16)90-54-28-60(102)84(66-69(105)72(108)75(111)78(114)93(66)138)123-96(54)132(99(141)57(90)31-117)87-43(10)25-51(120-81(87)40(6)7)18-20-62(134)128-46(13)34-125(35-47(128)14)88-52-26-58(100)82(64-67(103)70(106)73(109)76(112)91(64)136)121-94(52)130(97(139)55(88)29-115)85-41(8)22-23-118-79(85)38(2)3/h17-28,38-40,44-49,136-138H,1,32-37H2,2-16H3/b20-18-,21-19-/t44-,45+,46-,47+,48-,49+. The molecule has 0 unspecified atom stereocenters. The molecule has 3 saturated heterocycles. The maximum absolute atomic E-state index is 16.3. The molecule has 3 N–H and O–H groups in total. The van der Waals surface area contributed by atoms with Crippen molar-refractivity contribution in [2.45, 2.75) is 158 Å². The fraction of sp³-hybridized carbons (Fsp3) is 0.303. The summed E-state index contributed by atoms with van der Waals surface area (Å²) in [6.45, 7) is 27.8. The molecule has 3 aromatic carbocycles. The van der Waals surface area contributed by atoms with Crippen LogP contribution in [0.4, 0.5) is 69.7 Å². The Kier molecular flexibility index (Phi) is 27.1. The lowest BCUT2D eigenvalue weighted by Crippen LogP contribution is -2.58. The molecule has 15 rings (SSSR count). The molecule has 3 fully saturated rings. The second kappa shape index (κ2) is 38.0. The van der Waals surface area contributed by atoms with E-state index >= 15 is 53.9 Å². The Morgan fingerprint density at radius 1 is 0.397 bits per heavy atom. The number of aromatic hydroxyl groups is 3. The monoisotopic (exact) mass is 2000 g/mol. The minimum Gasteiger partial charge on any atom is -0.504 e. The number of aryl methyl sites for hydroxylation is 3. The number of amides is 3. The summed E-state index contributed by atoms with van der Waals surface area (Å²) in [5, 5.41) is 64.4. The number of hydrogen-bond acceptors (Lipinski definition) is 21. The van der Waals surface area contributed by atoms with Crippen molar-refractivity contribution in [2.24, 2.45) is 0 Å². The van der Waals surface area contributed by atoms with Gasteiger partial charge in [-0.2, -0.15) is 29.0 Å². The average Bonchev–Trinajstić information content (AvgIpc) is 0.725. The topological polar surface area (TPSA) is 346 Å². The third-order valence-corrected chi connectivity index (χ3v) is 26.2. The Morgan fingerprint density at radius 2 is 0.660 bits per heavy atom. The summed E-state index contributed by atoms with van der Waals surface area (Å²) < 4.78 is 187. The van der Waals surface area contributed by atoms with Crippen LogP contribution >= 0.6 is 34.8 Å². The molecule has 12 heterocycles. The number of nitriles is 3. The lowest BCUT2D eigenvalue weighted by atomic mass is 10.00. The first kappa shape index (κ1) is 101. The van der Waals surface area contributed by atoms with Gasteiger partial charge in [-0.1, -0.05) is 82.9 Å². The highest BCUT2D eigenvalue weighted by Gasteiger charge is 2.43. The van der Waals surface area contributed by atoms with Gasteiger partial charge in [-0.25, -0.2) is 54.5 Å². The third kappa shape index (κ3) is 16.7. The summed E-state index contributed by atoms with van der Waals surface area (Å²) in [5.41, 5.74) is -11.6. The lowest BCUT2D eigenvalue weighted by molar-refractivity contribution is -0.131. The van der Waals surface area contributed by atoms with Crippen LogP contribution in [0.3, 0.4) is 0 Å². The van der Waals surface area contributed by atoms with Crippen LogP contribution in [-0.4, -0.2) is 167 Å². The van der Waals surface area contributed by atoms with Crippen LogP contribution in [0, 0.1) is 125 Å². The first-order chi connectivity index (χ1) is 66.5. The number of hydrogen-bond donors (Lipinski definition) is 3. The van der Waals surface area contributed by atoms with E-state index in [2.05, 4.69) is 26.5 Å². The number of piperazine rings is 3. The Morgan fingerprint density at radius 3 is 0.922 bits per heavy atom. The number of aromatic nitrogens is 9. The van der Waals surface area contributed by atoms with Gasteiger partial charge in [0.1, 0.15) is 51.8 Å². The van der Waals surface area contributed by atoms with Crippen molar-refractivity contribution in [2.75, 3.05) is 54.0 Å². The molecule has 0 saturated carbocycles. The van der Waals surface area contributed by atoms with Crippen LogP contribution in [0.25, 0.3) is 96.1 Å². The Labute approximate surface area is 810 Å². The summed E-state index contributed by atoms with van der Waals surface area (Å²) in [6, 6.07) is 9.27. The number of phenolic OH excluding ortho intramolecular Hbond substituents is 3. The third-order valence-electron chi connectivity index (χ3n) is 25.4. The first-order valence-corrected chi connectivity index (χ1v) is 45.1. The number of halogens is 15. The minimum atomic E-state index is -2.40. The maximum atomic E-state index is 16.3. The Hall–Kier alpha value is -14.9. The lowest BCUT2D eigenvalue weighted by Gasteiger charge is -2.45. The highest BCUT2D eigenvalue weighted by Crippen LogP contribution is 2.49. The van der Waals surface area contributed by atoms with Crippen LogP contribution < -0.4 is 31.4 Å². The van der Waals surface area contributed by atoms with Gasteiger partial charge in [-0.15, -0.1) is 0 Å². The number of carbonyl (C=O) groups is 3. The van der Waals surface area contributed by atoms with E-state index < -0.39 is 252 Å². The van der Waals surface area contributed by atoms with Gasteiger partial charge in [0.05, 0.1) is 111 Å². The molecule has 27 nitrogen and oxygen atoms in total. The second-order valence-corrected chi connectivity index (χ2v) is 37.1. The molecule has 0 radical (unpaired) electrons. The van der Waals surface area contributed by atoms with Gasteiger partial charge < -0.3 is 44.7 Å². The SMILES string of the molecule is C=CC(=O)N1[C@H](C)CN(c2c(C#N)c(=O)n(-c3c(C)cc(/C=C\C(=O)N4[C@H](C)CN(c5c(C#N)c(=O)n(-c6c(C)cc(/C=C\C(=O)N7[C@H](C)CN(c8c(C#N)c(=O)n(-c9c(C)ccnc9C(C)C)c9nc(-c%10c(O)c(F)c(F)c(F)c%10F)c(Cl)cc89)C[C@@H]7C)nc6C(C)C)c6nc(-c7c(O)c(F)c(F)c(F)c7F)c(Cl)cc56)C[C@@H]4C)nc3C(C)C)c3nc(-c4c(O)c(F)c(F)c(F)c4F)c(Cl)cc23)C[C@@H]1C. The predicted octanol–water partition coefficient (Wildman–Crippen LogP) is 18.5. The van der Waals surface area contributed by atoms with Crippen molar-refractivity contribution in [3.63, 3.8) is 0 Å². The molecule has 3 aliphatic heterocycles. The van der Waals surface area contributed by atoms with E-state index in [9.17, 15) is 58.7 Å².